The molecule has 1 heterocycles. The third-order valence-electron chi connectivity index (χ3n) is 4.49. The Balaban J connectivity index is 1.92. The number of thiazole rings is 1. The molecule has 0 aliphatic carbocycles. The topological polar surface area (TPSA) is 133 Å². The fraction of sp³-hybridized carbons (Fsp3) is 0.250. The Morgan fingerprint density at radius 3 is 2.44 bits per heavy atom. The summed E-state index contributed by atoms with van der Waals surface area (Å²) >= 11 is 1.42. The quantitative estimate of drug-likeness (QED) is 0.457. The number of benzene rings is 2. The Morgan fingerprint density at radius 2 is 1.82 bits per heavy atom. The second-order valence-corrected chi connectivity index (χ2v) is 9.30. The van der Waals surface area contributed by atoms with Gasteiger partial charge in [0.15, 0.2) is 0 Å². The first-order valence-electron chi connectivity index (χ1n) is 10.4. The van der Waals surface area contributed by atoms with Crippen LogP contribution < -0.4 is 21.1 Å². The first-order valence-corrected chi connectivity index (χ1v) is 11.3. The van der Waals surface area contributed by atoms with Gasteiger partial charge in [-0.1, -0.05) is 36.4 Å². The average Bonchev–Trinajstić information content (AvgIpc) is 3.26. The van der Waals surface area contributed by atoms with Gasteiger partial charge in [0.05, 0.1) is 5.51 Å². The van der Waals surface area contributed by atoms with Crippen LogP contribution in [0.1, 0.15) is 42.8 Å². The van der Waals surface area contributed by atoms with Crippen molar-refractivity contribution in [1.29, 1.82) is 0 Å². The third-order valence-corrected chi connectivity index (χ3v) is 5.27. The summed E-state index contributed by atoms with van der Waals surface area (Å²) in [4.78, 5) is 42.2. The number of nitrogens with two attached hydrogens (primary N) is 1. The minimum atomic E-state index is -1.03. The number of alkyl carbamates (subject to hydrolysis) is 1. The van der Waals surface area contributed by atoms with Crippen molar-refractivity contribution in [3.63, 3.8) is 0 Å². The maximum Gasteiger partial charge on any atom is 0.409 e. The number of hydrogen-bond acceptors (Lipinski definition) is 7. The lowest BCUT2D eigenvalue weighted by Crippen LogP contribution is -2.40. The van der Waals surface area contributed by atoms with Gasteiger partial charge in [0.25, 0.3) is 5.91 Å². The highest BCUT2D eigenvalue weighted by Gasteiger charge is 2.27. The molecule has 3 rings (SSSR count). The fourth-order valence-corrected chi connectivity index (χ4v) is 3.76. The SMILES string of the molecule is CC(C)(C)OC(=O)NC(C(=O)Nc1cccc(OC(N)=O)c1Cc1cncs1)c1ccccc1. The van der Waals surface area contributed by atoms with Crippen LogP contribution in [0.2, 0.25) is 0 Å². The number of aromatic nitrogens is 1. The van der Waals surface area contributed by atoms with Crippen LogP contribution in [0.4, 0.5) is 15.3 Å². The van der Waals surface area contributed by atoms with E-state index in [4.69, 9.17) is 15.2 Å². The number of hydrogen-bond donors (Lipinski definition) is 3. The van der Waals surface area contributed by atoms with Gasteiger partial charge < -0.3 is 25.8 Å². The van der Waals surface area contributed by atoms with Crippen LogP contribution in [0, 0.1) is 0 Å². The molecule has 3 amide bonds. The van der Waals surface area contributed by atoms with Crippen molar-refractivity contribution in [2.24, 2.45) is 5.73 Å². The lowest BCUT2D eigenvalue weighted by atomic mass is 10.0. The molecule has 0 fully saturated rings. The average molecular weight is 483 g/mol. The molecule has 0 bridgehead atoms. The van der Waals surface area contributed by atoms with E-state index in [1.54, 1.807) is 74.9 Å². The van der Waals surface area contributed by atoms with E-state index in [9.17, 15) is 14.4 Å². The van der Waals surface area contributed by atoms with Crippen LogP contribution in [0.15, 0.2) is 60.2 Å². The Bertz CT molecular complexity index is 1140. The van der Waals surface area contributed by atoms with Crippen LogP contribution in [0.5, 0.6) is 5.75 Å². The molecule has 0 spiro atoms. The molecule has 3 aromatic rings. The minimum Gasteiger partial charge on any atom is -0.444 e. The summed E-state index contributed by atoms with van der Waals surface area (Å²) in [5, 5.41) is 5.48. The summed E-state index contributed by atoms with van der Waals surface area (Å²) in [5.41, 5.74) is 7.70. The molecule has 0 aliphatic rings. The Labute approximate surface area is 201 Å². The number of amides is 3. The zero-order valence-electron chi connectivity index (χ0n) is 19.0. The lowest BCUT2D eigenvalue weighted by molar-refractivity contribution is -0.118. The van der Waals surface area contributed by atoms with E-state index >= 15 is 0 Å². The molecular formula is C24H26N4O5S. The van der Waals surface area contributed by atoms with Crippen LogP contribution in [0.25, 0.3) is 0 Å². The van der Waals surface area contributed by atoms with E-state index in [-0.39, 0.29) is 5.75 Å². The predicted octanol–water partition coefficient (Wildman–Crippen LogP) is 4.40. The van der Waals surface area contributed by atoms with E-state index in [1.165, 1.54) is 11.3 Å². The number of nitrogens with one attached hydrogen (secondary N) is 2. The number of carbonyl (C=O) groups is 3. The Morgan fingerprint density at radius 1 is 1.09 bits per heavy atom. The molecule has 34 heavy (non-hydrogen) atoms. The summed E-state index contributed by atoms with van der Waals surface area (Å²) in [6.45, 7) is 5.21. The molecule has 0 radical (unpaired) electrons. The maximum atomic E-state index is 13.4. The van der Waals surface area contributed by atoms with Crippen LogP contribution in [-0.4, -0.2) is 28.7 Å². The highest BCUT2D eigenvalue weighted by molar-refractivity contribution is 7.09. The van der Waals surface area contributed by atoms with E-state index in [0.717, 1.165) is 4.88 Å². The predicted molar refractivity (Wildman–Crippen MR) is 129 cm³/mol. The molecule has 10 heteroatoms. The van der Waals surface area contributed by atoms with Gasteiger partial charge in [0.1, 0.15) is 17.4 Å². The summed E-state index contributed by atoms with van der Waals surface area (Å²) in [6, 6.07) is 12.7. The van der Waals surface area contributed by atoms with E-state index < -0.39 is 29.7 Å². The van der Waals surface area contributed by atoms with E-state index in [2.05, 4.69) is 15.6 Å². The maximum absolute atomic E-state index is 13.4. The second kappa shape index (κ2) is 10.8. The summed E-state index contributed by atoms with van der Waals surface area (Å²) in [6.07, 6.45) is 0.336. The molecule has 0 aliphatic heterocycles. The summed E-state index contributed by atoms with van der Waals surface area (Å²) in [5.74, 6) is -0.283. The van der Waals surface area contributed by atoms with Crippen molar-refractivity contribution in [3.05, 3.63) is 76.2 Å². The smallest absolute Gasteiger partial charge is 0.409 e. The van der Waals surface area contributed by atoms with Crippen LogP contribution in [-0.2, 0) is 16.0 Å². The van der Waals surface area contributed by atoms with Crippen LogP contribution in [0.3, 0.4) is 0 Å². The van der Waals surface area contributed by atoms with Gasteiger partial charge in [-0.05, 0) is 38.5 Å². The molecule has 0 saturated carbocycles. The molecule has 2 aromatic carbocycles. The standard InChI is InChI=1S/C24H26N4O5S/c1-24(2,3)33-23(31)28-20(15-8-5-4-6-9-15)21(29)27-18-10-7-11-19(32-22(25)30)17(18)12-16-13-26-14-34-16/h4-11,13-14,20H,12H2,1-3H3,(H2,25,30)(H,27,29)(H,28,31). The highest BCUT2D eigenvalue weighted by atomic mass is 32.1. The molecule has 1 aromatic heterocycles. The normalized spacial score (nSPS) is 11.9. The van der Waals surface area contributed by atoms with Gasteiger partial charge in [0, 0.05) is 28.7 Å². The van der Waals surface area contributed by atoms with Gasteiger partial charge in [-0.15, -0.1) is 11.3 Å². The summed E-state index contributed by atoms with van der Waals surface area (Å²) in [7, 11) is 0. The van der Waals surface area contributed by atoms with Gasteiger partial charge in [0.2, 0.25) is 0 Å². The number of rotatable bonds is 7. The largest absolute Gasteiger partial charge is 0.444 e. The molecule has 4 N–H and O–H groups in total. The van der Waals surface area contributed by atoms with E-state index in [1.807, 2.05) is 6.07 Å². The minimum absolute atomic E-state index is 0.218. The Kier molecular flexibility index (Phi) is 7.85. The van der Waals surface area contributed by atoms with Gasteiger partial charge in [-0.3, -0.25) is 9.78 Å². The van der Waals surface area contributed by atoms with Crippen molar-refractivity contribution in [2.45, 2.75) is 38.8 Å². The molecule has 1 atom stereocenters. The van der Waals surface area contributed by atoms with Crippen molar-refractivity contribution in [3.8, 4) is 5.75 Å². The fourth-order valence-electron chi connectivity index (χ4n) is 3.15. The van der Waals surface area contributed by atoms with Crippen LogP contribution >= 0.6 is 11.3 Å². The number of anilines is 1. The lowest BCUT2D eigenvalue weighted by Gasteiger charge is -2.24. The van der Waals surface area contributed by atoms with Crippen molar-refractivity contribution in [1.82, 2.24) is 10.3 Å². The molecule has 9 nitrogen and oxygen atoms in total. The zero-order chi connectivity index (χ0) is 24.7. The Hall–Kier alpha value is -3.92. The third kappa shape index (κ3) is 7.04. The van der Waals surface area contributed by atoms with E-state index in [0.29, 0.717) is 23.2 Å². The number of nitrogens with zero attached hydrogens (tertiary/aromatic N) is 1. The second-order valence-electron chi connectivity index (χ2n) is 8.33. The van der Waals surface area contributed by atoms with Gasteiger partial charge >= 0.3 is 12.2 Å². The van der Waals surface area contributed by atoms with Crippen molar-refractivity contribution < 1.29 is 23.9 Å². The number of carbonyl (C=O) groups excluding carboxylic acids is 3. The van der Waals surface area contributed by atoms with Crippen molar-refractivity contribution >= 4 is 35.1 Å². The highest BCUT2D eigenvalue weighted by Crippen LogP contribution is 2.31. The molecule has 1 unspecified atom stereocenters. The monoisotopic (exact) mass is 482 g/mol. The first kappa shape index (κ1) is 24.7. The first-order chi connectivity index (χ1) is 16.1. The molecular weight excluding hydrogens is 456 g/mol. The zero-order valence-corrected chi connectivity index (χ0v) is 19.8. The van der Waals surface area contributed by atoms with Gasteiger partial charge in [-0.2, -0.15) is 0 Å². The number of primary amides is 1. The van der Waals surface area contributed by atoms with Gasteiger partial charge in [-0.25, -0.2) is 9.59 Å². The van der Waals surface area contributed by atoms with Crippen molar-refractivity contribution in [2.75, 3.05) is 5.32 Å². The number of ether oxygens (including phenoxy) is 2. The molecule has 0 saturated heterocycles. The summed E-state index contributed by atoms with van der Waals surface area (Å²) < 4.78 is 10.5. The molecule has 178 valence electrons.